The first-order valence-electron chi connectivity index (χ1n) is 3.88. The van der Waals surface area contributed by atoms with Crippen molar-refractivity contribution in [1.29, 1.82) is 0 Å². The van der Waals surface area contributed by atoms with Gasteiger partial charge in [-0.2, -0.15) is 13.2 Å². The number of hydrogen-bond donors (Lipinski definition) is 1. The molecule has 88 valence electrons. The van der Waals surface area contributed by atoms with Gasteiger partial charge < -0.3 is 5.73 Å². The number of halogens is 5. The van der Waals surface area contributed by atoms with Crippen molar-refractivity contribution in [3.8, 4) is 0 Å². The number of alkyl halides is 5. The number of hydrogen-bond acceptors (Lipinski definition) is 3. The number of pyridine rings is 1. The normalized spacial score (nSPS) is 11.9. The smallest absolute Gasteiger partial charge is 0.383 e. The molecule has 0 saturated heterocycles. The molecule has 16 heavy (non-hydrogen) atoms. The van der Waals surface area contributed by atoms with Gasteiger partial charge in [-0.25, -0.2) is 13.8 Å². The van der Waals surface area contributed by atoms with Crippen LogP contribution in [0.4, 0.5) is 27.8 Å². The van der Waals surface area contributed by atoms with Gasteiger partial charge in [-0.05, 0) is 0 Å². The van der Waals surface area contributed by atoms with Crippen molar-refractivity contribution in [1.82, 2.24) is 4.98 Å². The minimum atomic E-state index is -5.08. The minimum Gasteiger partial charge on any atom is -0.383 e. The summed E-state index contributed by atoms with van der Waals surface area (Å²) in [6.45, 7) is 0. The van der Waals surface area contributed by atoms with Crippen LogP contribution in [0.2, 0.25) is 0 Å². The standard InChI is InChI=1S/C8H5F5N2O/c9-6(10)4-3(2-16)1-15-7(14)5(4)8(11,12)13/h1-2,6H,(H2,14,15). The van der Waals surface area contributed by atoms with Crippen LogP contribution in [0.25, 0.3) is 0 Å². The van der Waals surface area contributed by atoms with Gasteiger partial charge in [0.25, 0.3) is 6.43 Å². The fourth-order valence-electron chi connectivity index (χ4n) is 1.18. The highest BCUT2D eigenvalue weighted by atomic mass is 19.4. The van der Waals surface area contributed by atoms with Crippen molar-refractivity contribution < 1.29 is 26.7 Å². The van der Waals surface area contributed by atoms with E-state index in [4.69, 9.17) is 5.73 Å². The summed E-state index contributed by atoms with van der Waals surface area (Å²) < 4.78 is 62.1. The van der Waals surface area contributed by atoms with E-state index in [1.54, 1.807) is 0 Å². The third kappa shape index (κ3) is 2.10. The Kier molecular flexibility index (Phi) is 3.11. The number of anilines is 1. The minimum absolute atomic E-state index is 0.122. The lowest BCUT2D eigenvalue weighted by Crippen LogP contribution is -2.16. The lowest BCUT2D eigenvalue weighted by Gasteiger charge is -2.15. The second kappa shape index (κ2) is 4.03. The summed E-state index contributed by atoms with van der Waals surface area (Å²) in [5.74, 6) is -1.08. The first-order chi connectivity index (χ1) is 7.29. The topological polar surface area (TPSA) is 56.0 Å². The van der Waals surface area contributed by atoms with Gasteiger partial charge in [0.1, 0.15) is 11.4 Å². The van der Waals surface area contributed by atoms with Gasteiger partial charge in [0.2, 0.25) is 0 Å². The molecule has 8 heteroatoms. The molecule has 0 saturated carbocycles. The molecule has 1 heterocycles. The fourth-order valence-corrected chi connectivity index (χ4v) is 1.18. The first kappa shape index (κ1) is 12.3. The Balaban J connectivity index is 3.61. The van der Waals surface area contributed by atoms with Gasteiger partial charge in [0, 0.05) is 17.3 Å². The van der Waals surface area contributed by atoms with Gasteiger partial charge in [-0.3, -0.25) is 4.79 Å². The van der Waals surface area contributed by atoms with Gasteiger partial charge >= 0.3 is 6.18 Å². The van der Waals surface area contributed by atoms with Crippen molar-refractivity contribution in [2.24, 2.45) is 0 Å². The van der Waals surface area contributed by atoms with E-state index < -0.39 is 35.1 Å². The first-order valence-corrected chi connectivity index (χ1v) is 3.88. The van der Waals surface area contributed by atoms with Crippen molar-refractivity contribution in [3.63, 3.8) is 0 Å². The monoisotopic (exact) mass is 240 g/mol. The van der Waals surface area contributed by atoms with Crippen LogP contribution in [0.3, 0.4) is 0 Å². The SMILES string of the molecule is Nc1ncc(C=O)c(C(F)F)c1C(F)(F)F. The number of carbonyl (C=O) groups is 1. The number of nitrogens with zero attached hydrogens (tertiary/aromatic N) is 1. The highest BCUT2D eigenvalue weighted by Crippen LogP contribution is 2.40. The van der Waals surface area contributed by atoms with E-state index in [2.05, 4.69) is 4.98 Å². The maximum absolute atomic E-state index is 12.4. The highest BCUT2D eigenvalue weighted by Gasteiger charge is 2.40. The van der Waals surface area contributed by atoms with E-state index in [0.717, 1.165) is 0 Å². The summed E-state index contributed by atoms with van der Waals surface area (Å²) in [7, 11) is 0. The molecule has 1 aromatic heterocycles. The van der Waals surface area contributed by atoms with E-state index in [1.165, 1.54) is 0 Å². The van der Waals surface area contributed by atoms with Crippen LogP contribution in [-0.2, 0) is 6.18 Å². The number of rotatable bonds is 2. The van der Waals surface area contributed by atoms with Crippen LogP contribution in [0.15, 0.2) is 6.20 Å². The van der Waals surface area contributed by atoms with Gasteiger partial charge in [0.15, 0.2) is 6.29 Å². The molecule has 3 nitrogen and oxygen atoms in total. The van der Waals surface area contributed by atoms with Gasteiger partial charge in [-0.15, -0.1) is 0 Å². The van der Waals surface area contributed by atoms with E-state index in [9.17, 15) is 26.7 Å². The maximum atomic E-state index is 12.4. The van der Waals surface area contributed by atoms with Crippen LogP contribution in [0.5, 0.6) is 0 Å². The number of carbonyl (C=O) groups excluding carboxylic acids is 1. The van der Waals surface area contributed by atoms with E-state index >= 15 is 0 Å². The Morgan fingerprint density at radius 3 is 2.31 bits per heavy atom. The largest absolute Gasteiger partial charge is 0.420 e. The molecule has 0 unspecified atom stereocenters. The molecule has 0 fully saturated rings. The molecule has 1 aromatic rings. The van der Waals surface area contributed by atoms with Crippen molar-refractivity contribution in [3.05, 3.63) is 22.9 Å². The molecule has 1 rings (SSSR count). The Bertz CT molecular complexity index is 416. The Morgan fingerprint density at radius 1 is 1.38 bits per heavy atom. The number of aldehydes is 1. The van der Waals surface area contributed by atoms with Crippen molar-refractivity contribution in [2.45, 2.75) is 12.6 Å². The third-order valence-electron chi connectivity index (χ3n) is 1.81. The summed E-state index contributed by atoms with van der Waals surface area (Å²) in [6, 6.07) is 0. The van der Waals surface area contributed by atoms with Crippen LogP contribution in [-0.4, -0.2) is 11.3 Å². The lowest BCUT2D eigenvalue weighted by molar-refractivity contribution is -0.139. The zero-order valence-electron chi connectivity index (χ0n) is 7.55. The Morgan fingerprint density at radius 2 is 1.94 bits per heavy atom. The average molecular weight is 240 g/mol. The van der Waals surface area contributed by atoms with Crippen LogP contribution in [0, 0.1) is 0 Å². The van der Waals surface area contributed by atoms with Crippen molar-refractivity contribution in [2.75, 3.05) is 5.73 Å². The van der Waals surface area contributed by atoms with Crippen LogP contribution < -0.4 is 5.73 Å². The zero-order valence-corrected chi connectivity index (χ0v) is 7.55. The molecule has 0 aliphatic heterocycles. The fraction of sp³-hybridized carbons (Fsp3) is 0.250. The molecule has 0 aromatic carbocycles. The summed E-state index contributed by atoms with van der Waals surface area (Å²) >= 11 is 0. The zero-order chi connectivity index (χ0) is 12.5. The molecular weight excluding hydrogens is 235 g/mol. The predicted molar refractivity (Wildman–Crippen MR) is 44.0 cm³/mol. The average Bonchev–Trinajstić information content (AvgIpc) is 2.15. The summed E-state index contributed by atoms with van der Waals surface area (Å²) in [5, 5.41) is 0. The summed E-state index contributed by atoms with van der Waals surface area (Å²) in [6.07, 6.45) is -8.08. The van der Waals surface area contributed by atoms with Gasteiger partial charge in [0.05, 0.1) is 0 Å². The van der Waals surface area contributed by atoms with Crippen molar-refractivity contribution >= 4 is 12.1 Å². The highest BCUT2D eigenvalue weighted by molar-refractivity contribution is 5.79. The molecule has 0 aliphatic carbocycles. The predicted octanol–water partition coefficient (Wildman–Crippen LogP) is 2.43. The molecule has 0 atom stereocenters. The van der Waals surface area contributed by atoms with Crippen LogP contribution in [0.1, 0.15) is 27.9 Å². The Labute approximate surface area is 86.1 Å². The molecule has 0 bridgehead atoms. The molecule has 0 radical (unpaired) electrons. The summed E-state index contributed by atoms with van der Waals surface area (Å²) in [5.41, 5.74) is 0.873. The molecule has 0 amide bonds. The molecule has 2 N–H and O–H groups in total. The molecule has 0 spiro atoms. The van der Waals surface area contributed by atoms with Crippen LogP contribution >= 0.6 is 0 Å². The van der Waals surface area contributed by atoms with E-state index in [0.29, 0.717) is 6.20 Å². The third-order valence-corrected chi connectivity index (χ3v) is 1.81. The number of nitrogens with two attached hydrogens (primary N) is 1. The second-order valence-electron chi connectivity index (χ2n) is 2.80. The van der Waals surface area contributed by atoms with E-state index in [1.807, 2.05) is 0 Å². The molecule has 0 aliphatic rings. The number of nitrogen functional groups attached to an aromatic ring is 1. The van der Waals surface area contributed by atoms with E-state index in [-0.39, 0.29) is 6.29 Å². The number of aromatic nitrogens is 1. The maximum Gasteiger partial charge on any atom is 0.420 e. The Hall–Kier alpha value is -1.73. The van der Waals surface area contributed by atoms with Gasteiger partial charge in [-0.1, -0.05) is 0 Å². The lowest BCUT2D eigenvalue weighted by atomic mass is 10.0. The summed E-state index contributed by atoms with van der Waals surface area (Å²) in [4.78, 5) is 13.4. The quantitative estimate of drug-likeness (QED) is 0.638. The molecular formula is C8H5F5N2O. The second-order valence-corrected chi connectivity index (χ2v) is 2.80.